The molecule has 0 fully saturated rings. The van der Waals surface area contributed by atoms with Crippen molar-refractivity contribution in [2.75, 3.05) is 6.61 Å². The summed E-state index contributed by atoms with van der Waals surface area (Å²) in [5.41, 5.74) is 2.46. The molecule has 68 valence electrons. The van der Waals surface area contributed by atoms with Gasteiger partial charge in [-0.1, -0.05) is 24.8 Å². The van der Waals surface area contributed by atoms with Gasteiger partial charge in [0.1, 0.15) is 0 Å². The lowest BCUT2D eigenvalue weighted by Crippen LogP contribution is -1.87. The third-order valence-electron chi connectivity index (χ3n) is 1.77. The molecule has 0 heterocycles. The van der Waals surface area contributed by atoms with Crippen molar-refractivity contribution < 1.29 is 5.11 Å². The normalized spacial score (nSPS) is 13.2. The largest absolute Gasteiger partial charge is 0.396 e. The lowest BCUT2D eigenvalue weighted by Gasteiger charge is -2.02. The molecule has 0 atom stereocenters. The van der Waals surface area contributed by atoms with Crippen LogP contribution in [0, 0.1) is 0 Å². The molecule has 0 aliphatic rings. The Hall–Kier alpha value is -0.820. The van der Waals surface area contributed by atoms with Crippen molar-refractivity contribution in [3.63, 3.8) is 0 Å². The molecule has 0 aromatic rings. The number of allylic oxidation sites excluding steroid dienone is 5. The molecule has 1 nitrogen and oxygen atoms in total. The second-order valence-electron chi connectivity index (χ2n) is 2.74. The van der Waals surface area contributed by atoms with E-state index in [1.54, 1.807) is 0 Å². The number of hydrogen-bond donors (Lipinski definition) is 1. The van der Waals surface area contributed by atoms with Gasteiger partial charge in [0, 0.05) is 6.61 Å². The highest BCUT2D eigenvalue weighted by atomic mass is 16.2. The number of aliphatic hydroxyl groups excluding tert-OH is 1. The fraction of sp³-hybridized carbons (Fsp3) is 0.455. The maximum absolute atomic E-state index is 8.65. The minimum atomic E-state index is 0.250. The van der Waals surface area contributed by atoms with E-state index in [0.29, 0.717) is 0 Å². The van der Waals surface area contributed by atoms with Crippen LogP contribution in [0.1, 0.15) is 26.7 Å². The van der Waals surface area contributed by atoms with Crippen molar-refractivity contribution in [3.8, 4) is 0 Å². The molecule has 1 heteroatoms. The van der Waals surface area contributed by atoms with Gasteiger partial charge in [-0.25, -0.2) is 0 Å². The van der Waals surface area contributed by atoms with Gasteiger partial charge < -0.3 is 5.11 Å². The van der Waals surface area contributed by atoms with E-state index in [2.05, 4.69) is 19.6 Å². The van der Waals surface area contributed by atoms with E-state index in [4.69, 9.17) is 5.11 Å². The number of rotatable bonds is 5. The van der Waals surface area contributed by atoms with Gasteiger partial charge in [-0.05, 0) is 37.8 Å². The molecule has 0 aliphatic heterocycles. The Labute approximate surface area is 75.1 Å². The average molecular weight is 166 g/mol. The van der Waals surface area contributed by atoms with E-state index < -0.39 is 0 Å². The fourth-order valence-corrected chi connectivity index (χ4v) is 1.09. The van der Waals surface area contributed by atoms with Crippen LogP contribution in [-0.2, 0) is 0 Å². The maximum atomic E-state index is 8.65. The standard InChI is InChI=1S/C11H18O/c1-4-7-10(3)11(5-2)8-6-9-12/h4-5,7,12H,2,6,8-9H2,1,3H3/b7-4-,11-10+. The molecule has 1 N–H and O–H groups in total. The molecule has 0 radical (unpaired) electrons. The summed E-state index contributed by atoms with van der Waals surface area (Å²) in [5.74, 6) is 0. The highest BCUT2D eigenvalue weighted by Crippen LogP contribution is 2.12. The minimum absolute atomic E-state index is 0.250. The van der Waals surface area contributed by atoms with E-state index in [1.165, 1.54) is 11.1 Å². The fourth-order valence-electron chi connectivity index (χ4n) is 1.09. The molecular weight excluding hydrogens is 148 g/mol. The topological polar surface area (TPSA) is 20.2 Å². The van der Waals surface area contributed by atoms with Crippen molar-refractivity contribution in [3.05, 3.63) is 36.0 Å². The molecule has 0 aromatic heterocycles. The van der Waals surface area contributed by atoms with Gasteiger partial charge in [-0.3, -0.25) is 0 Å². The van der Waals surface area contributed by atoms with Crippen LogP contribution in [0.2, 0.25) is 0 Å². The molecule has 0 saturated carbocycles. The van der Waals surface area contributed by atoms with E-state index in [-0.39, 0.29) is 6.61 Å². The van der Waals surface area contributed by atoms with Gasteiger partial charge in [0.2, 0.25) is 0 Å². The Balaban J connectivity index is 4.28. The second kappa shape index (κ2) is 6.86. The van der Waals surface area contributed by atoms with Crippen molar-refractivity contribution >= 4 is 0 Å². The molecule has 12 heavy (non-hydrogen) atoms. The maximum Gasteiger partial charge on any atom is 0.0434 e. The van der Waals surface area contributed by atoms with E-state index in [1.807, 2.05) is 19.1 Å². The predicted octanol–water partition coefficient (Wildman–Crippen LogP) is 2.84. The van der Waals surface area contributed by atoms with Crippen molar-refractivity contribution in [2.45, 2.75) is 26.7 Å². The van der Waals surface area contributed by atoms with Crippen LogP contribution in [0.25, 0.3) is 0 Å². The average Bonchev–Trinajstić information content (AvgIpc) is 2.06. The summed E-state index contributed by atoms with van der Waals surface area (Å²) in [6.45, 7) is 8.05. The van der Waals surface area contributed by atoms with E-state index in [9.17, 15) is 0 Å². The van der Waals surface area contributed by atoms with Crippen LogP contribution in [0.15, 0.2) is 36.0 Å². The molecule has 0 saturated heterocycles. The molecule has 0 unspecified atom stereocenters. The van der Waals surface area contributed by atoms with Crippen LogP contribution < -0.4 is 0 Å². The smallest absolute Gasteiger partial charge is 0.0434 e. The zero-order valence-corrected chi connectivity index (χ0v) is 8.01. The summed E-state index contributed by atoms with van der Waals surface area (Å²) in [5, 5.41) is 8.65. The SMILES string of the molecule is C=C/C(CCCO)=C(C)\C=C/C. The third kappa shape index (κ3) is 4.14. The predicted molar refractivity (Wildman–Crippen MR) is 54.0 cm³/mol. The quantitative estimate of drug-likeness (QED) is 0.623. The van der Waals surface area contributed by atoms with Gasteiger partial charge in [0.15, 0.2) is 0 Å². The first kappa shape index (κ1) is 11.2. The van der Waals surface area contributed by atoms with Gasteiger partial charge in [0.05, 0.1) is 0 Å². The van der Waals surface area contributed by atoms with Crippen molar-refractivity contribution in [1.82, 2.24) is 0 Å². The van der Waals surface area contributed by atoms with Gasteiger partial charge in [-0.2, -0.15) is 0 Å². The van der Waals surface area contributed by atoms with Crippen LogP contribution in [0.5, 0.6) is 0 Å². The van der Waals surface area contributed by atoms with Gasteiger partial charge in [-0.15, -0.1) is 0 Å². The monoisotopic (exact) mass is 166 g/mol. The minimum Gasteiger partial charge on any atom is -0.396 e. The van der Waals surface area contributed by atoms with Crippen LogP contribution in [0.3, 0.4) is 0 Å². The van der Waals surface area contributed by atoms with Crippen molar-refractivity contribution in [1.29, 1.82) is 0 Å². The Morgan fingerprint density at radius 2 is 2.17 bits per heavy atom. The summed E-state index contributed by atoms with van der Waals surface area (Å²) < 4.78 is 0. The van der Waals surface area contributed by atoms with Gasteiger partial charge >= 0.3 is 0 Å². The Kier molecular flexibility index (Phi) is 6.39. The third-order valence-corrected chi connectivity index (χ3v) is 1.77. The lowest BCUT2D eigenvalue weighted by molar-refractivity contribution is 0.289. The van der Waals surface area contributed by atoms with Crippen molar-refractivity contribution in [2.24, 2.45) is 0 Å². The molecule has 0 aromatic carbocycles. The summed E-state index contributed by atoms with van der Waals surface area (Å²) in [6, 6.07) is 0. The highest BCUT2D eigenvalue weighted by Gasteiger charge is 1.94. The van der Waals surface area contributed by atoms with Crippen LogP contribution in [-0.4, -0.2) is 11.7 Å². The van der Waals surface area contributed by atoms with E-state index >= 15 is 0 Å². The van der Waals surface area contributed by atoms with Gasteiger partial charge in [0.25, 0.3) is 0 Å². The molecule has 0 amide bonds. The zero-order chi connectivity index (χ0) is 9.40. The van der Waals surface area contributed by atoms with Crippen LogP contribution in [0.4, 0.5) is 0 Å². The Morgan fingerprint density at radius 3 is 2.58 bits per heavy atom. The Morgan fingerprint density at radius 1 is 1.50 bits per heavy atom. The molecule has 0 bridgehead atoms. The molecular formula is C11H18O. The first-order valence-corrected chi connectivity index (χ1v) is 4.32. The summed E-state index contributed by atoms with van der Waals surface area (Å²) in [6.07, 6.45) is 7.67. The molecule has 0 aliphatic carbocycles. The summed E-state index contributed by atoms with van der Waals surface area (Å²) >= 11 is 0. The lowest BCUT2D eigenvalue weighted by atomic mass is 10.0. The molecule has 0 spiro atoms. The summed E-state index contributed by atoms with van der Waals surface area (Å²) in [7, 11) is 0. The number of hydrogen-bond acceptors (Lipinski definition) is 1. The first-order valence-electron chi connectivity index (χ1n) is 4.32. The number of aliphatic hydroxyl groups is 1. The second-order valence-corrected chi connectivity index (χ2v) is 2.74. The molecule has 0 rings (SSSR count). The summed E-state index contributed by atoms with van der Waals surface area (Å²) in [4.78, 5) is 0. The van der Waals surface area contributed by atoms with E-state index in [0.717, 1.165) is 12.8 Å². The highest BCUT2D eigenvalue weighted by molar-refractivity contribution is 5.30. The zero-order valence-electron chi connectivity index (χ0n) is 8.01. The Bertz CT molecular complexity index is 187. The van der Waals surface area contributed by atoms with Crippen LogP contribution >= 0.6 is 0 Å². The first-order chi connectivity index (χ1) is 5.76.